The van der Waals surface area contributed by atoms with Gasteiger partial charge in [-0.3, -0.25) is 29.0 Å². The fourth-order valence-electron chi connectivity index (χ4n) is 3.44. The zero-order valence-corrected chi connectivity index (χ0v) is 13.4. The van der Waals surface area contributed by atoms with Gasteiger partial charge in [-0.05, 0) is 24.3 Å². The van der Waals surface area contributed by atoms with Crippen LogP contribution in [0.3, 0.4) is 0 Å². The minimum Gasteiger partial charge on any atom is -0.269 e. The highest BCUT2D eigenvalue weighted by molar-refractivity contribution is 6.33. The Bertz CT molecular complexity index is 986. The summed E-state index contributed by atoms with van der Waals surface area (Å²) >= 11 is 0. The summed E-state index contributed by atoms with van der Waals surface area (Å²) < 4.78 is 0. The van der Waals surface area contributed by atoms with E-state index in [1.165, 1.54) is 24.3 Å². The first kappa shape index (κ1) is 15.6. The fraction of sp³-hybridized carbons (Fsp3) is 0.100. The van der Waals surface area contributed by atoms with E-state index in [1.54, 1.807) is 0 Å². The molecule has 2 aromatic rings. The van der Waals surface area contributed by atoms with Crippen LogP contribution in [0, 0.1) is 24.7 Å². The van der Waals surface area contributed by atoms with Crippen LogP contribution < -0.4 is 0 Å². The van der Waals surface area contributed by atoms with Gasteiger partial charge in [0.05, 0.1) is 13.1 Å². The molecule has 0 saturated heterocycles. The van der Waals surface area contributed by atoms with Crippen LogP contribution in [0.2, 0.25) is 0 Å². The summed E-state index contributed by atoms with van der Waals surface area (Å²) in [6.07, 6.45) is 10.5. The van der Waals surface area contributed by atoms with Crippen molar-refractivity contribution in [2.45, 2.75) is 0 Å². The highest BCUT2D eigenvalue weighted by Crippen LogP contribution is 2.37. The van der Waals surface area contributed by atoms with E-state index in [0.29, 0.717) is 10.8 Å². The van der Waals surface area contributed by atoms with Crippen LogP contribution >= 0.6 is 0 Å². The zero-order chi connectivity index (χ0) is 18.6. The molecule has 0 atom stereocenters. The van der Waals surface area contributed by atoms with Crippen LogP contribution in [0.25, 0.3) is 10.8 Å². The van der Waals surface area contributed by atoms with Gasteiger partial charge in [0.15, 0.2) is 0 Å². The van der Waals surface area contributed by atoms with Gasteiger partial charge in [0.1, 0.15) is 0 Å². The molecular weight excluding hydrogens is 332 g/mol. The van der Waals surface area contributed by atoms with Crippen LogP contribution in [0.4, 0.5) is 0 Å². The first-order chi connectivity index (χ1) is 12.5. The van der Waals surface area contributed by atoms with Crippen LogP contribution in [0.5, 0.6) is 0 Å². The van der Waals surface area contributed by atoms with Crippen molar-refractivity contribution in [1.29, 1.82) is 0 Å². The monoisotopic (exact) mass is 342 g/mol. The molecule has 2 aliphatic rings. The molecule has 2 aromatic carbocycles. The van der Waals surface area contributed by atoms with Gasteiger partial charge in [0.25, 0.3) is 23.6 Å². The molecule has 2 heterocycles. The van der Waals surface area contributed by atoms with Gasteiger partial charge in [-0.1, -0.05) is 11.8 Å². The summed E-state index contributed by atoms with van der Waals surface area (Å²) in [4.78, 5) is 52.6. The highest BCUT2D eigenvalue weighted by Gasteiger charge is 2.39. The van der Waals surface area contributed by atoms with Gasteiger partial charge in [-0.25, -0.2) is 0 Å². The Balaban J connectivity index is 2.06. The van der Waals surface area contributed by atoms with Gasteiger partial charge in [-0.15, -0.1) is 12.8 Å². The zero-order valence-electron chi connectivity index (χ0n) is 13.4. The molecule has 0 spiro atoms. The largest absolute Gasteiger partial charge is 0.269 e. The Morgan fingerprint density at radius 2 is 0.885 bits per heavy atom. The van der Waals surface area contributed by atoms with Crippen molar-refractivity contribution in [2.24, 2.45) is 0 Å². The second kappa shape index (κ2) is 5.30. The number of hydrogen-bond acceptors (Lipinski definition) is 4. The second-order valence-electron chi connectivity index (χ2n) is 5.87. The minimum atomic E-state index is -0.546. The number of imide groups is 2. The lowest BCUT2D eigenvalue weighted by Crippen LogP contribution is -2.43. The van der Waals surface area contributed by atoms with Crippen molar-refractivity contribution in [1.82, 2.24) is 9.80 Å². The number of nitrogens with zero attached hydrogens (tertiary/aromatic N) is 2. The van der Waals surface area contributed by atoms with Crippen molar-refractivity contribution >= 4 is 34.4 Å². The minimum absolute atomic E-state index is 0.157. The predicted octanol–water partition coefficient (Wildman–Crippen LogP) is 1.30. The van der Waals surface area contributed by atoms with Crippen LogP contribution in [0.15, 0.2) is 24.3 Å². The van der Waals surface area contributed by atoms with Gasteiger partial charge in [-0.2, -0.15) is 0 Å². The van der Waals surface area contributed by atoms with Crippen molar-refractivity contribution in [3.05, 3.63) is 46.5 Å². The summed E-state index contributed by atoms with van der Waals surface area (Å²) in [7, 11) is 0. The molecule has 0 bridgehead atoms. The van der Waals surface area contributed by atoms with Crippen molar-refractivity contribution in [3.63, 3.8) is 0 Å². The van der Waals surface area contributed by atoms with E-state index in [9.17, 15) is 19.2 Å². The molecule has 6 nitrogen and oxygen atoms in total. The summed E-state index contributed by atoms with van der Waals surface area (Å²) in [5.41, 5.74) is 0.950. The summed E-state index contributed by atoms with van der Waals surface area (Å²) in [5, 5.41) is 0.621. The molecule has 2 aliphatic heterocycles. The van der Waals surface area contributed by atoms with Crippen molar-refractivity contribution < 1.29 is 19.2 Å². The normalized spacial score (nSPS) is 15.3. The van der Waals surface area contributed by atoms with E-state index in [0.717, 1.165) is 9.80 Å². The van der Waals surface area contributed by atoms with Crippen LogP contribution in [0.1, 0.15) is 41.4 Å². The summed E-state index contributed by atoms with van der Waals surface area (Å²) in [6.45, 7) is -0.314. The maximum Gasteiger partial charge on any atom is 0.262 e. The molecule has 6 heteroatoms. The SMILES string of the molecule is C#CCN1C(=O)c2ccc3c4c(ccc(c24)C1=O)C(=O)N(CC#C)C3=O. The number of amides is 4. The van der Waals surface area contributed by atoms with Gasteiger partial charge >= 0.3 is 0 Å². The van der Waals surface area contributed by atoms with Gasteiger partial charge in [0, 0.05) is 33.0 Å². The van der Waals surface area contributed by atoms with Crippen molar-refractivity contribution in [2.75, 3.05) is 13.1 Å². The fourth-order valence-corrected chi connectivity index (χ4v) is 3.44. The maximum atomic E-state index is 12.7. The molecule has 0 N–H and O–H groups in total. The molecule has 0 radical (unpaired) electrons. The molecule has 0 fully saturated rings. The molecule has 0 aliphatic carbocycles. The molecule has 26 heavy (non-hydrogen) atoms. The van der Waals surface area contributed by atoms with E-state index in [4.69, 9.17) is 12.8 Å². The molecule has 0 saturated carbocycles. The number of carbonyl (C=O) groups excluding carboxylic acids is 4. The quantitative estimate of drug-likeness (QED) is 0.609. The van der Waals surface area contributed by atoms with E-state index in [2.05, 4.69) is 11.8 Å². The Morgan fingerprint density at radius 1 is 0.615 bits per heavy atom. The number of terminal acetylenes is 2. The molecule has 0 unspecified atom stereocenters. The molecular formula is C20H10N2O4. The van der Waals surface area contributed by atoms with Crippen molar-refractivity contribution in [3.8, 4) is 24.7 Å². The highest BCUT2D eigenvalue weighted by atomic mass is 16.2. The molecule has 4 amide bonds. The third-order valence-electron chi connectivity index (χ3n) is 4.56. The number of carbonyl (C=O) groups is 4. The van der Waals surface area contributed by atoms with Crippen LogP contribution in [-0.2, 0) is 0 Å². The summed E-state index contributed by atoms with van der Waals surface area (Å²) in [6, 6.07) is 5.91. The van der Waals surface area contributed by atoms with Gasteiger partial charge in [0.2, 0.25) is 0 Å². The Kier molecular flexibility index (Phi) is 3.18. The average Bonchev–Trinajstić information content (AvgIpc) is 2.64. The lowest BCUT2D eigenvalue weighted by atomic mass is 9.86. The standard InChI is InChI=1S/C20H10N2O4/c1-3-9-21-17(23)11-5-7-13-16-14(8-6-12(15(11)16)18(21)24)20(26)22(10-4-2)19(13)25/h1-2,5-8H,9-10H2. The number of rotatable bonds is 2. The molecule has 0 aromatic heterocycles. The maximum absolute atomic E-state index is 12.7. The van der Waals surface area contributed by atoms with E-state index in [-0.39, 0.29) is 35.3 Å². The smallest absolute Gasteiger partial charge is 0.262 e. The Labute approximate surface area is 148 Å². The van der Waals surface area contributed by atoms with E-state index < -0.39 is 23.6 Å². The topological polar surface area (TPSA) is 74.8 Å². The van der Waals surface area contributed by atoms with E-state index in [1.807, 2.05) is 0 Å². The predicted molar refractivity (Wildman–Crippen MR) is 92.3 cm³/mol. The Morgan fingerprint density at radius 3 is 1.12 bits per heavy atom. The third kappa shape index (κ3) is 1.78. The number of hydrogen-bond donors (Lipinski definition) is 0. The molecule has 4 rings (SSSR count). The average molecular weight is 342 g/mol. The first-order valence-corrected chi connectivity index (χ1v) is 7.70. The first-order valence-electron chi connectivity index (χ1n) is 7.70. The summed E-state index contributed by atoms with van der Waals surface area (Å²) in [5.74, 6) is 2.40. The second-order valence-corrected chi connectivity index (χ2v) is 5.87. The van der Waals surface area contributed by atoms with Gasteiger partial charge < -0.3 is 0 Å². The lowest BCUT2D eigenvalue weighted by Gasteiger charge is -2.30. The Hall–Kier alpha value is -3.90. The number of benzene rings is 2. The molecule has 124 valence electrons. The van der Waals surface area contributed by atoms with Crippen LogP contribution in [-0.4, -0.2) is 46.5 Å². The lowest BCUT2D eigenvalue weighted by molar-refractivity contribution is 0.0610. The van der Waals surface area contributed by atoms with E-state index >= 15 is 0 Å². The third-order valence-corrected chi connectivity index (χ3v) is 4.56.